The molecule has 1 aromatic rings. The van der Waals surface area contributed by atoms with Gasteiger partial charge in [0.05, 0.1) is 6.10 Å². The second-order valence-electron chi connectivity index (χ2n) is 6.64. The normalized spacial score (nSPS) is 19.3. The van der Waals surface area contributed by atoms with Gasteiger partial charge < -0.3 is 20.6 Å². The molecule has 1 aliphatic rings. The summed E-state index contributed by atoms with van der Waals surface area (Å²) in [4.78, 5) is 15.4. The van der Waals surface area contributed by atoms with Crippen LogP contribution >= 0.6 is 11.3 Å². The highest BCUT2D eigenvalue weighted by Crippen LogP contribution is 2.19. The van der Waals surface area contributed by atoms with Crippen LogP contribution < -0.4 is 10.6 Å². The molecule has 2 rings (SSSR count). The van der Waals surface area contributed by atoms with Crippen LogP contribution in [0.1, 0.15) is 37.5 Å². The Morgan fingerprint density at radius 3 is 2.74 bits per heavy atom. The first-order chi connectivity index (χ1) is 11.0. The van der Waals surface area contributed by atoms with Crippen molar-refractivity contribution in [3.05, 3.63) is 22.4 Å². The monoisotopic (exact) mass is 339 g/mol. The van der Waals surface area contributed by atoms with Crippen molar-refractivity contribution in [1.82, 2.24) is 15.5 Å². The lowest BCUT2D eigenvalue weighted by Crippen LogP contribution is -2.45. The molecule has 0 bridgehead atoms. The molecular weight excluding hydrogens is 310 g/mol. The van der Waals surface area contributed by atoms with Crippen LogP contribution in [0.5, 0.6) is 0 Å². The maximum absolute atomic E-state index is 11.8. The topological polar surface area (TPSA) is 64.6 Å². The second kappa shape index (κ2) is 9.25. The molecule has 2 unspecified atom stereocenters. The summed E-state index contributed by atoms with van der Waals surface area (Å²) in [5, 5.41) is 17.7. The van der Waals surface area contributed by atoms with E-state index in [4.69, 9.17) is 0 Å². The molecule has 0 aromatic carbocycles. The number of aliphatic hydroxyl groups excluding tert-OH is 1. The number of carbonyl (C=O) groups excluding carboxylic acids is 1. The number of hydrogen-bond acceptors (Lipinski definition) is 4. The number of nitrogens with one attached hydrogen (secondary N) is 2. The lowest BCUT2D eigenvalue weighted by Gasteiger charge is -2.31. The van der Waals surface area contributed by atoms with Crippen molar-refractivity contribution in [2.24, 2.45) is 5.92 Å². The van der Waals surface area contributed by atoms with E-state index in [2.05, 4.69) is 35.4 Å². The molecule has 1 fully saturated rings. The van der Waals surface area contributed by atoms with Crippen LogP contribution in [0.4, 0.5) is 4.79 Å². The summed E-state index contributed by atoms with van der Waals surface area (Å²) in [5.41, 5.74) is 0. The minimum Gasteiger partial charge on any atom is -0.390 e. The Labute approximate surface area is 143 Å². The number of rotatable bonds is 7. The molecule has 23 heavy (non-hydrogen) atoms. The van der Waals surface area contributed by atoms with Crippen molar-refractivity contribution in [1.29, 1.82) is 0 Å². The molecule has 130 valence electrons. The summed E-state index contributed by atoms with van der Waals surface area (Å²) in [6.07, 6.45) is 1.88. The van der Waals surface area contributed by atoms with Crippen molar-refractivity contribution in [2.75, 3.05) is 32.7 Å². The molecule has 3 N–H and O–H groups in total. The number of urea groups is 1. The largest absolute Gasteiger partial charge is 0.390 e. The van der Waals surface area contributed by atoms with Crippen molar-refractivity contribution >= 4 is 17.4 Å². The summed E-state index contributed by atoms with van der Waals surface area (Å²) < 4.78 is 0. The molecule has 0 saturated carbocycles. The van der Waals surface area contributed by atoms with E-state index >= 15 is 0 Å². The van der Waals surface area contributed by atoms with E-state index in [-0.39, 0.29) is 6.03 Å². The standard InChI is InChI=1S/C17H29N3O2S/c1-13-5-7-20(8-6-13)12-15(21)11-19-17(22)18-10-14(2)16-4-3-9-23-16/h3-4,9,13-15,21H,5-8,10-12H2,1-2H3,(H2,18,19,22). The molecule has 0 spiro atoms. The molecule has 1 saturated heterocycles. The molecule has 2 heterocycles. The molecule has 5 nitrogen and oxygen atoms in total. The highest BCUT2D eigenvalue weighted by Gasteiger charge is 2.18. The molecule has 0 radical (unpaired) electrons. The van der Waals surface area contributed by atoms with Crippen LogP contribution in [0.15, 0.2) is 17.5 Å². The molecule has 1 aliphatic heterocycles. The Kier molecular flexibility index (Phi) is 7.33. The third-order valence-electron chi connectivity index (χ3n) is 4.44. The number of carbonyl (C=O) groups is 1. The van der Waals surface area contributed by atoms with Gasteiger partial charge in [-0.25, -0.2) is 4.79 Å². The third-order valence-corrected chi connectivity index (χ3v) is 5.54. The molecule has 6 heteroatoms. The lowest BCUT2D eigenvalue weighted by molar-refractivity contribution is 0.0920. The lowest BCUT2D eigenvalue weighted by atomic mass is 9.99. The molecular formula is C17H29N3O2S. The molecule has 0 aliphatic carbocycles. The first-order valence-corrected chi connectivity index (χ1v) is 9.38. The second-order valence-corrected chi connectivity index (χ2v) is 7.62. The van der Waals surface area contributed by atoms with Gasteiger partial charge in [-0.2, -0.15) is 0 Å². The van der Waals surface area contributed by atoms with Gasteiger partial charge in [-0.15, -0.1) is 11.3 Å². The van der Waals surface area contributed by atoms with E-state index in [1.165, 1.54) is 17.7 Å². The average Bonchev–Trinajstić information content (AvgIpc) is 3.07. The van der Waals surface area contributed by atoms with Crippen LogP contribution in [0, 0.1) is 5.92 Å². The fraction of sp³-hybridized carbons (Fsp3) is 0.706. The smallest absolute Gasteiger partial charge is 0.314 e. The summed E-state index contributed by atoms with van der Waals surface area (Å²) in [6.45, 7) is 8.00. The number of likely N-dealkylation sites (tertiary alicyclic amines) is 1. The van der Waals surface area contributed by atoms with E-state index in [1.54, 1.807) is 11.3 Å². The van der Waals surface area contributed by atoms with Gasteiger partial charge in [0.2, 0.25) is 0 Å². The fourth-order valence-corrected chi connectivity index (χ4v) is 3.59. The summed E-state index contributed by atoms with van der Waals surface area (Å²) >= 11 is 1.70. The van der Waals surface area contributed by atoms with Crippen molar-refractivity contribution in [2.45, 2.75) is 38.7 Å². The number of aliphatic hydroxyl groups is 1. The van der Waals surface area contributed by atoms with E-state index in [0.29, 0.717) is 25.6 Å². The van der Waals surface area contributed by atoms with Crippen LogP contribution in [0.3, 0.4) is 0 Å². The maximum atomic E-state index is 11.8. The number of thiophene rings is 1. The minimum atomic E-state index is -0.510. The van der Waals surface area contributed by atoms with Crippen LogP contribution in [-0.2, 0) is 0 Å². The first kappa shape index (κ1) is 18.2. The molecule has 2 atom stereocenters. The van der Waals surface area contributed by atoms with Gasteiger partial charge in [0.25, 0.3) is 0 Å². The Bertz CT molecular complexity index is 458. The first-order valence-electron chi connectivity index (χ1n) is 8.50. The van der Waals surface area contributed by atoms with Gasteiger partial charge in [0.1, 0.15) is 0 Å². The fourth-order valence-electron chi connectivity index (χ4n) is 2.80. The maximum Gasteiger partial charge on any atom is 0.314 e. The number of piperidine rings is 1. The quantitative estimate of drug-likeness (QED) is 0.714. The van der Waals surface area contributed by atoms with Gasteiger partial charge in [-0.3, -0.25) is 0 Å². The predicted octanol–water partition coefficient (Wildman–Crippen LogP) is 2.24. The van der Waals surface area contributed by atoms with E-state index < -0.39 is 6.10 Å². The SMILES string of the molecule is CC1CCN(CC(O)CNC(=O)NCC(C)c2cccs2)CC1. The highest BCUT2D eigenvalue weighted by atomic mass is 32.1. The number of β-amino-alcohol motifs (C(OH)–C–C–N with tert-alkyl or cyclic N) is 1. The summed E-state index contributed by atoms with van der Waals surface area (Å²) in [6, 6.07) is 3.90. The van der Waals surface area contributed by atoms with E-state index in [9.17, 15) is 9.90 Å². The van der Waals surface area contributed by atoms with E-state index in [1.807, 2.05) is 11.4 Å². The van der Waals surface area contributed by atoms with Crippen LogP contribution in [0.25, 0.3) is 0 Å². The van der Waals surface area contributed by atoms with Gasteiger partial charge in [-0.1, -0.05) is 19.9 Å². The number of amides is 2. The average molecular weight is 340 g/mol. The zero-order chi connectivity index (χ0) is 16.7. The highest BCUT2D eigenvalue weighted by molar-refractivity contribution is 7.10. The third kappa shape index (κ3) is 6.49. The van der Waals surface area contributed by atoms with Gasteiger partial charge >= 0.3 is 6.03 Å². The Balaban J connectivity index is 1.58. The van der Waals surface area contributed by atoms with Crippen molar-refractivity contribution < 1.29 is 9.90 Å². The molecule has 1 aromatic heterocycles. The Morgan fingerprint density at radius 2 is 2.09 bits per heavy atom. The zero-order valence-corrected chi connectivity index (χ0v) is 14.9. The Morgan fingerprint density at radius 1 is 1.39 bits per heavy atom. The number of nitrogens with zero attached hydrogens (tertiary/aromatic N) is 1. The minimum absolute atomic E-state index is 0.209. The van der Waals surface area contributed by atoms with Gasteiger partial charge in [0.15, 0.2) is 0 Å². The zero-order valence-electron chi connectivity index (χ0n) is 14.1. The molecule has 2 amide bonds. The predicted molar refractivity (Wildman–Crippen MR) is 95.0 cm³/mol. The van der Waals surface area contributed by atoms with Crippen LogP contribution in [-0.4, -0.2) is 54.9 Å². The van der Waals surface area contributed by atoms with Crippen LogP contribution in [0.2, 0.25) is 0 Å². The van der Waals surface area contributed by atoms with E-state index in [0.717, 1.165) is 19.0 Å². The van der Waals surface area contributed by atoms with Gasteiger partial charge in [0, 0.05) is 30.4 Å². The summed E-state index contributed by atoms with van der Waals surface area (Å²) in [7, 11) is 0. The number of hydrogen-bond donors (Lipinski definition) is 3. The Hall–Kier alpha value is -1.11. The van der Waals surface area contributed by atoms with Crippen molar-refractivity contribution in [3.63, 3.8) is 0 Å². The van der Waals surface area contributed by atoms with Gasteiger partial charge in [-0.05, 0) is 43.3 Å². The summed E-state index contributed by atoms with van der Waals surface area (Å²) in [5.74, 6) is 1.10. The van der Waals surface area contributed by atoms with Crippen molar-refractivity contribution in [3.8, 4) is 0 Å².